The Morgan fingerprint density at radius 3 is 0.942 bits per heavy atom. The molecular formula is C50H92O2. The molecule has 1 heterocycles. The molecule has 1 fully saturated rings. The van der Waals surface area contributed by atoms with Gasteiger partial charge in [0.05, 0.1) is 0 Å². The van der Waals surface area contributed by atoms with Crippen LogP contribution in [0.2, 0.25) is 0 Å². The number of hydrogen-bond donors (Lipinski definition) is 0. The summed E-state index contributed by atoms with van der Waals surface area (Å²) in [6.45, 7) is 4.57. The Bertz CT molecular complexity index is 822. The number of allylic oxidation sites excluding steroid dienone is 5. The molecule has 2 heteroatoms. The minimum Gasteiger partial charge on any atom is -0.430 e. The van der Waals surface area contributed by atoms with Gasteiger partial charge < -0.3 is 4.74 Å². The molecule has 1 rings (SSSR count). The van der Waals surface area contributed by atoms with Gasteiger partial charge in [0.1, 0.15) is 11.7 Å². The van der Waals surface area contributed by atoms with Crippen LogP contribution in [-0.2, 0) is 9.53 Å². The monoisotopic (exact) mass is 725 g/mol. The highest BCUT2D eigenvalue weighted by molar-refractivity contribution is 5.82. The zero-order valence-electron chi connectivity index (χ0n) is 35.6. The zero-order valence-corrected chi connectivity index (χ0v) is 35.6. The van der Waals surface area contributed by atoms with E-state index in [0.717, 1.165) is 18.6 Å². The Balaban J connectivity index is 1.79. The van der Waals surface area contributed by atoms with Gasteiger partial charge in [-0.1, -0.05) is 224 Å². The number of cyclic esters (lactones) is 1. The van der Waals surface area contributed by atoms with Crippen molar-refractivity contribution in [1.82, 2.24) is 0 Å². The summed E-state index contributed by atoms with van der Waals surface area (Å²) in [6, 6.07) is 0. The van der Waals surface area contributed by atoms with Gasteiger partial charge in [-0.2, -0.15) is 0 Å². The second kappa shape index (κ2) is 40.9. The van der Waals surface area contributed by atoms with E-state index in [1.807, 2.05) is 0 Å². The van der Waals surface area contributed by atoms with E-state index in [9.17, 15) is 4.79 Å². The second-order valence-electron chi connectivity index (χ2n) is 16.6. The molecule has 1 atom stereocenters. The van der Waals surface area contributed by atoms with E-state index in [4.69, 9.17) is 4.74 Å². The molecule has 0 bridgehead atoms. The van der Waals surface area contributed by atoms with Crippen molar-refractivity contribution in [3.05, 3.63) is 36.1 Å². The first kappa shape index (κ1) is 48.7. The lowest BCUT2D eigenvalue weighted by Crippen LogP contribution is -2.32. The first-order valence-electron chi connectivity index (χ1n) is 24.0. The number of carbonyl (C=O) groups excluding carboxylic acids is 1. The molecule has 0 N–H and O–H groups in total. The molecule has 1 unspecified atom stereocenters. The van der Waals surface area contributed by atoms with Gasteiger partial charge in [0.15, 0.2) is 0 Å². The maximum atomic E-state index is 12.0. The highest BCUT2D eigenvalue weighted by atomic mass is 16.6. The molecule has 0 aromatic rings. The van der Waals surface area contributed by atoms with Crippen molar-refractivity contribution in [3.8, 4) is 0 Å². The summed E-state index contributed by atoms with van der Waals surface area (Å²) >= 11 is 0. The van der Waals surface area contributed by atoms with Crippen LogP contribution < -0.4 is 0 Å². The summed E-state index contributed by atoms with van der Waals surface area (Å²) in [5, 5.41) is 0. The number of ether oxygens (including phenoxy) is 1. The van der Waals surface area contributed by atoms with Gasteiger partial charge in [0, 0.05) is 0 Å². The van der Waals surface area contributed by atoms with Gasteiger partial charge in [-0.25, -0.2) is 0 Å². The van der Waals surface area contributed by atoms with Gasteiger partial charge in [0.2, 0.25) is 0 Å². The third-order valence-corrected chi connectivity index (χ3v) is 11.4. The molecular weight excluding hydrogens is 633 g/mol. The van der Waals surface area contributed by atoms with Crippen molar-refractivity contribution < 1.29 is 9.53 Å². The molecule has 1 saturated heterocycles. The van der Waals surface area contributed by atoms with Crippen LogP contribution in [0.5, 0.6) is 0 Å². The van der Waals surface area contributed by atoms with Gasteiger partial charge in [-0.3, -0.25) is 4.79 Å². The Hall–Kier alpha value is -1.31. The predicted molar refractivity (Wildman–Crippen MR) is 232 cm³/mol. The molecule has 1 aliphatic rings. The van der Waals surface area contributed by atoms with Crippen LogP contribution in [0.4, 0.5) is 0 Å². The molecule has 0 radical (unpaired) electrons. The van der Waals surface area contributed by atoms with E-state index in [2.05, 4.69) is 44.2 Å². The summed E-state index contributed by atoms with van der Waals surface area (Å²) in [5.74, 6) is 1.08. The highest BCUT2D eigenvalue weighted by Gasteiger charge is 2.36. The van der Waals surface area contributed by atoms with Crippen molar-refractivity contribution in [1.29, 1.82) is 0 Å². The quantitative estimate of drug-likeness (QED) is 0.0356. The third-order valence-electron chi connectivity index (χ3n) is 11.4. The minimum atomic E-state index is 0.0208. The van der Waals surface area contributed by atoms with Crippen LogP contribution in [0.1, 0.15) is 271 Å². The van der Waals surface area contributed by atoms with Crippen LogP contribution >= 0.6 is 0 Å². The minimum absolute atomic E-state index is 0.0208. The van der Waals surface area contributed by atoms with Crippen LogP contribution in [0, 0.1) is 5.92 Å². The molecule has 0 amide bonds. The molecule has 0 saturated carbocycles. The molecule has 0 aromatic carbocycles. The summed E-state index contributed by atoms with van der Waals surface area (Å²) < 4.78 is 5.41. The van der Waals surface area contributed by atoms with Crippen LogP contribution in [0.25, 0.3) is 0 Å². The van der Waals surface area contributed by atoms with Gasteiger partial charge in [-0.15, -0.1) is 0 Å². The lowest BCUT2D eigenvalue weighted by molar-refractivity contribution is -0.157. The van der Waals surface area contributed by atoms with Crippen molar-refractivity contribution in [2.24, 2.45) is 5.92 Å². The maximum absolute atomic E-state index is 12.0. The van der Waals surface area contributed by atoms with Crippen LogP contribution in [0.3, 0.4) is 0 Å². The Kier molecular flexibility index (Phi) is 38.3. The van der Waals surface area contributed by atoms with Crippen LogP contribution in [-0.4, -0.2) is 5.97 Å². The standard InChI is InChI=1S/C50H92O2/c1-3-5-7-9-11-13-15-17-19-21-23-25-27-29-31-33-35-37-39-41-43-45-47-49-48(50(51)52-49)46-44-42-40-38-36-34-32-30-28-26-24-22-20-18-16-14-12-10-8-6-4-2/h13-16,47-48H,3-12,17-46H2,1-2H3/b15-13+,16-14+,49-47+. The first-order valence-corrected chi connectivity index (χ1v) is 24.0. The molecule has 2 nitrogen and oxygen atoms in total. The summed E-state index contributed by atoms with van der Waals surface area (Å²) in [6.07, 6.45) is 66.1. The van der Waals surface area contributed by atoms with E-state index in [1.54, 1.807) is 0 Å². The Labute approximate surface area is 327 Å². The summed E-state index contributed by atoms with van der Waals surface area (Å²) in [7, 11) is 0. The number of hydrogen-bond acceptors (Lipinski definition) is 2. The maximum Gasteiger partial charge on any atom is 0.321 e. The lowest BCUT2D eigenvalue weighted by atomic mass is 9.93. The van der Waals surface area contributed by atoms with Gasteiger partial charge in [0.25, 0.3) is 0 Å². The number of rotatable bonds is 42. The molecule has 0 aromatic heterocycles. The van der Waals surface area contributed by atoms with Crippen molar-refractivity contribution in [2.75, 3.05) is 0 Å². The van der Waals surface area contributed by atoms with Gasteiger partial charge in [-0.05, 0) is 76.7 Å². The average molecular weight is 725 g/mol. The van der Waals surface area contributed by atoms with Crippen molar-refractivity contribution in [3.63, 3.8) is 0 Å². The van der Waals surface area contributed by atoms with Gasteiger partial charge >= 0.3 is 5.97 Å². The molecule has 0 aliphatic carbocycles. The largest absolute Gasteiger partial charge is 0.430 e. The topological polar surface area (TPSA) is 26.3 Å². The fourth-order valence-corrected chi connectivity index (χ4v) is 7.76. The molecule has 52 heavy (non-hydrogen) atoms. The average Bonchev–Trinajstić information content (AvgIpc) is 3.15. The number of carbonyl (C=O) groups is 1. The van der Waals surface area contributed by atoms with E-state index < -0.39 is 0 Å². The first-order chi connectivity index (χ1) is 25.8. The summed E-state index contributed by atoms with van der Waals surface area (Å²) in [4.78, 5) is 12.0. The van der Waals surface area contributed by atoms with Crippen LogP contribution in [0.15, 0.2) is 36.1 Å². The highest BCUT2D eigenvalue weighted by Crippen LogP contribution is 2.32. The SMILES string of the molecule is CCCCCC/C=C/CCCCCCCCCCCCCCC/C=C1/OC(=O)C1CCCCCCCCCCCCCCC/C=C/CCCCCC. The second-order valence-corrected chi connectivity index (χ2v) is 16.6. The predicted octanol–water partition coefficient (Wildman–Crippen LogP) is 17.8. The smallest absolute Gasteiger partial charge is 0.321 e. The van der Waals surface area contributed by atoms with E-state index in [1.165, 1.54) is 244 Å². The van der Waals surface area contributed by atoms with E-state index >= 15 is 0 Å². The normalized spacial score (nSPS) is 15.4. The van der Waals surface area contributed by atoms with E-state index in [0.29, 0.717) is 0 Å². The summed E-state index contributed by atoms with van der Waals surface area (Å²) in [5.41, 5.74) is 0. The molecule has 304 valence electrons. The Morgan fingerprint density at radius 1 is 0.365 bits per heavy atom. The lowest BCUT2D eigenvalue weighted by Gasteiger charge is -2.28. The number of unbranched alkanes of at least 4 members (excludes halogenated alkanes) is 35. The van der Waals surface area contributed by atoms with Crippen molar-refractivity contribution in [2.45, 2.75) is 271 Å². The molecule has 1 aliphatic heterocycles. The molecule has 0 spiro atoms. The van der Waals surface area contributed by atoms with Crippen molar-refractivity contribution >= 4 is 5.97 Å². The number of esters is 1. The fraction of sp³-hybridized carbons (Fsp3) is 0.860. The zero-order chi connectivity index (χ0) is 37.3. The fourth-order valence-electron chi connectivity index (χ4n) is 7.76. The Morgan fingerprint density at radius 2 is 0.635 bits per heavy atom. The van der Waals surface area contributed by atoms with E-state index in [-0.39, 0.29) is 11.9 Å². The third kappa shape index (κ3) is 33.3.